The van der Waals surface area contributed by atoms with Crippen molar-refractivity contribution >= 4 is 5.97 Å². The van der Waals surface area contributed by atoms with Crippen molar-refractivity contribution in [2.45, 2.75) is 101 Å². The van der Waals surface area contributed by atoms with Crippen molar-refractivity contribution in [2.24, 2.45) is 5.92 Å². The Bertz CT molecular complexity index is 1110. The van der Waals surface area contributed by atoms with E-state index in [2.05, 4.69) is 13.0 Å². The summed E-state index contributed by atoms with van der Waals surface area (Å²) in [5, 5.41) is 80.9. The third kappa shape index (κ3) is 6.82. The average molecular weight is 601 g/mol. The van der Waals surface area contributed by atoms with Crippen LogP contribution in [-0.2, 0) is 23.7 Å². The Kier molecular flexibility index (Phi) is 10.0. The molecule has 236 valence electrons. The lowest BCUT2D eigenvalue weighted by atomic mass is 9.79. The number of phenols is 3. The molecule has 10 atom stereocenters. The Labute approximate surface area is 242 Å². The summed E-state index contributed by atoms with van der Waals surface area (Å²) in [6, 6.07) is 1.68. The van der Waals surface area contributed by atoms with E-state index in [1.807, 2.05) is 13.8 Å². The van der Waals surface area contributed by atoms with Gasteiger partial charge in [-0.25, -0.2) is 4.79 Å². The summed E-state index contributed by atoms with van der Waals surface area (Å²) in [6.45, 7) is 4.65. The normalized spacial score (nSPS) is 35.6. The van der Waals surface area contributed by atoms with Crippen molar-refractivity contribution in [1.82, 2.24) is 0 Å². The molecular weight excluding hydrogens is 560 g/mol. The largest absolute Gasteiger partial charge is 0.504 e. The van der Waals surface area contributed by atoms with Crippen molar-refractivity contribution in [1.29, 1.82) is 0 Å². The molecule has 1 aliphatic carbocycles. The zero-order valence-electron chi connectivity index (χ0n) is 23.6. The summed E-state index contributed by atoms with van der Waals surface area (Å²) in [4.78, 5) is 12.7. The maximum absolute atomic E-state index is 12.7. The average Bonchev–Trinajstić information content (AvgIpc) is 3.24. The molecule has 14 heteroatoms. The van der Waals surface area contributed by atoms with Crippen molar-refractivity contribution in [2.75, 3.05) is 13.2 Å². The van der Waals surface area contributed by atoms with Gasteiger partial charge in [0, 0.05) is 0 Å². The maximum Gasteiger partial charge on any atom is 0.338 e. The van der Waals surface area contributed by atoms with Crippen LogP contribution in [0.2, 0.25) is 0 Å². The number of carbonyl (C=O) groups excluding carboxylic acids is 1. The summed E-state index contributed by atoms with van der Waals surface area (Å²) in [5.41, 5.74) is 0.174. The summed E-state index contributed by atoms with van der Waals surface area (Å²) in [6.07, 6.45) is -8.46. The molecular formula is C28H40O14. The fourth-order valence-corrected chi connectivity index (χ4v) is 5.36. The van der Waals surface area contributed by atoms with E-state index in [1.54, 1.807) is 0 Å². The van der Waals surface area contributed by atoms with Crippen LogP contribution in [0.1, 0.15) is 50.4 Å². The van der Waals surface area contributed by atoms with Gasteiger partial charge in [-0.1, -0.05) is 11.6 Å². The first-order valence-electron chi connectivity index (χ1n) is 13.8. The number of hydrogen-bond donors (Lipinski definition) is 8. The van der Waals surface area contributed by atoms with Crippen LogP contribution >= 0.6 is 0 Å². The van der Waals surface area contributed by atoms with Gasteiger partial charge < -0.3 is 64.5 Å². The second-order valence-electron chi connectivity index (χ2n) is 11.5. The van der Waals surface area contributed by atoms with Gasteiger partial charge in [-0.15, -0.1) is 0 Å². The van der Waals surface area contributed by atoms with E-state index in [0.29, 0.717) is 0 Å². The van der Waals surface area contributed by atoms with Crippen molar-refractivity contribution < 1.29 is 69.3 Å². The molecule has 0 amide bonds. The predicted molar refractivity (Wildman–Crippen MR) is 141 cm³/mol. The number of allylic oxidation sites excluding steroid dienone is 2. The lowest BCUT2D eigenvalue weighted by molar-refractivity contribution is -0.334. The molecule has 42 heavy (non-hydrogen) atoms. The molecule has 4 rings (SSSR count). The van der Waals surface area contributed by atoms with Gasteiger partial charge in [-0.3, -0.25) is 0 Å². The molecule has 0 bridgehead atoms. The number of aliphatic hydroxyl groups excluding tert-OH is 5. The topological polar surface area (TPSA) is 225 Å². The molecule has 1 aromatic rings. The molecule has 3 aliphatic rings. The summed E-state index contributed by atoms with van der Waals surface area (Å²) in [5.74, 6) is -3.42. The van der Waals surface area contributed by atoms with Crippen LogP contribution in [0.15, 0.2) is 23.8 Å². The van der Waals surface area contributed by atoms with Crippen LogP contribution in [0.25, 0.3) is 0 Å². The Morgan fingerprint density at radius 2 is 1.60 bits per heavy atom. The molecule has 0 spiro atoms. The molecule has 8 N–H and O–H groups in total. The highest BCUT2D eigenvalue weighted by atomic mass is 16.7. The van der Waals surface area contributed by atoms with E-state index in [4.69, 9.17) is 23.7 Å². The van der Waals surface area contributed by atoms with Gasteiger partial charge in [-0.05, 0) is 58.1 Å². The number of rotatable bonds is 9. The van der Waals surface area contributed by atoms with Crippen molar-refractivity contribution in [3.8, 4) is 17.2 Å². The lowest BCUT2D eigenvalue weighted by Crippen LogP contribution is -2.61. The smallest absolute Gasteiger partial charge is 0.338 e. The molecule has 0 saturated carbocycles. The van der Waals surface area contributed by atoms with Gasteiger partial charge in [0.1, 0.15) is 36.6 Å². The number of hydrogen-bond acceptors (Lipinski definition) is 14. The summed E-state index contributed by atoms with van der Waals surface area (Å²) < 4.78 is 28.4. The zero-order chi connectivity index (χ0) is 30.9. The monoisotopic (exact) mass is 600 g/mol. The second-order valence-corrected chi connectivity index (χ2v) is 11.5. The summed E-state index contributed by atoms with van der Waals surface area (Å²) in [7, 11) is 0. The van der Waals surface area contributed by atoms with Crippen LogP contribution in [0.5, 0.6) is 17.2 Å². The molecule has 0 aromatic heterocycles. The fourth-order valence-electron chi connectivity index (χ4n) is 5.36. The van der Waals surface area contributed by atoms with Crippen LogP contribution in [0, 0.1) is 5.92 Å². The Morgan fingerprint density at radius 1 is 0.952 bits per heavy atom. The van der Waals surface area contributed by atoms with Crippen LogP contribution in [-0.4, -0.2) is 121 Å². The van der Waals surface area contributed by atoms with Crippen molar-refractivity contribution in [3.05, 3.63) is 29.3 Å². The molecule has 2 saturated heterocycles. The van der Waals surface area contributed by atoms with E-state index in [1.165, 1.54) is 5.57 Å². The predicted octanol–water partition coefficient (Wildman–Crippen LogP) is -0.227. The Morgan fingerprint density at radius 3 is 2.19 bits per heavy atom. The van der Waals surface area contributed by atoms with E-state index in [0.717, 1.165) is 31.4 Å². The highest BCUT2D eigenvalue weighted by Crippen LogP contribution is 2.38. The highest BCUT2D eigenvalue weighted by Gasteiger charge is 2.50. The molecule has 2 heterocycles. The first-order valence-corrected chi connectivity index (χ1v) is 13.8. The number of carbonyl (C=O) groups is 1. The van der Waals surface area contributed by atoms with E-state index in [-0.39, 0.29) is 11.5 Å². The second kappa shape index (κ2) is 13.0. The van der Waals surface area contributed by atoms with Gasteiger partial charge in [0.15, 0.2) is 35.9 Å². The third-order valence-corrected chi connectivity index (χ3v) is 8.16. The van der Waals surface area contributed by atoms with E-state index < -0.39 is 97.3 Å². The molecule has 2 aliphatic heterocycles. The first kappa shape index (κ1) is 32.4. The number of aromatic hydroxyl groups is 3. The Hall–Kier alpha value is -2.53. The van der Waals surface area contributed by atoms with Gasteiger partial charge in [0.25, 0.3) is 0 Å². The fraction of sp³-hybridized carbons (Fsp3) is 0.679. The number of ether oxygens (including phenoxy) is 5. The molecule has 10 unspecified atom stereocenters. The minimum absolute atomic E-state index is 0.118. The first-order chi connectivity index (χ1) is 19.7. The maximum atomic E-state index is 12.7. The molecule has 2 fully saturated rings. The number of benzene rings is 1. The van der Waals surface area contributed by atoms with Crippen LogP contribution in [0.4, 0.5) is 0 Å². The minimum Gasteiger partial charge on any atom is -0.504 e. The minimum atomic E-state index is -1.65. The lowest BCUT2D eigenvalue weighted by Gasteiger charge is -2.45. The SMILES string of the molecule is CC1=CCC(C(C)(C)OC2OC(COC3OC(CO)C(O)C3OC(=O)c3cc(O)c(O)c(O)c3)C(O)C(O)C2O)CC1. The number of phenolic OH excluding ortho intramolecular Hbond substituents is 3. The highest BCUT2D eigenvalue weighted by molar-refractivity contribution is 5.91. The molecule has 0 radical (unpaired) electrons. The van der Waals surface area contributed by atoms with Gasteiger partial charge >= 0.3 is 5.97 Å². The molecule has 14 nitrogen and oxygen atoms in total. The quantitative estimate of drug-likeness (QED) is 0.104. The number of aliphatic hydroxyl groups is 5. The van der Waals surface area contributed by atoms with Crippen LogP contribution in [0.3, 0.4) is 0 Å². The Balaban J connectivity index is 1.43. The van der Waals surface area contributed by atoms with E-state index in [9.17, 15) is 45.6 Å². The van der Waals surface area contributed by atoms with Gasteiger partial charge in [-0.2, -0.15) is 0 Å². The van der Waals surface area contributed by atoms with E-state index >= 15 is 0 Å². The van der Waals surface area contributed by atoms with Gasteiger partial charge in [0.2, 0.25) is 0 Å². The third-order valence-electron chi connectivity index (χ3n) is 8.16. The molecule has 1 aromatic carbocycles. The zero-order valence-corrected chi connectivity index (χ0v) is 23.6. The van der Waals surface area contributed by atoms with Crippen LogP contribution < -0.4 is 0 Å². The number of esters is 1. The van der Waals surface area contributed by atoms with Gasteiger partial charge in [0.05, 0.1) is 24.4 Å². The summed E-state index contributed by atoms with van der Waals surface area (Å²) >= 11 is 0. The standard InChI is InChI=1S/C28H40O14/c1-12-4-6-14(7-5-12)28(2,3)42-26-23(36)22(35)20(33)18(40-26)11-38-27-24(21(34)17(10-29)39-27)41-25(37)13-8-15(30)19(32)16(31)9-13/h4,8-9,14,17-18,20-24,26-27,29-36H,5-7,10-11H2,1-3H3. The van der Waals surface area contributed by atoms with Crippen molar-refractivity contribution in [3.63, 3.8) is 0 Å².